The summed E-state index contributed by atoms with van der Waals surface area (Å²) in [5, 5.41) is 0. The van der Waals surface area contributed by atoms with Crippen LogP contribution >= 0.6 is 27.3 Å². The number of halogens is 4. The molecule has 0 N–H and O–H groups in total. The highest BCUT2D eigenvalue weighted by Gasteiger charge is 2.28. The average molecular weight is 400 g/mol. The van der Waals surface area contributed by atoms with E-state index in [9.17, 15) is 21.6 Å². The van der Waals surface area contributed by atoms with Crippen molar-refractivity contribution in [1.82, 2.24) is 4.31 Å². The fourth-order valence-electron chi connectivity index (χ4n) is 1.62. The van der Waals surface area contributed by atoms with Crippen molar-refractivity contribution < 1.29 is 21.6 Å². The molecule has 0 saturated carbocycles. The van der Waals surface area contributed by atoms with Crippen molar-refractivity contribution in [3.8, 4) is 0 Å². The summed E-state index contributed by atoms with van der Waals surface area (Å²) in [4.78, 5) is -0.171. The van der Waals surface area contributed by atoms with E-state index in [1.165, 1.54) is 18.4 Å². The van der Waals surface area contributed by atoms with Gasteiger partial charge in [0, 0.05) is 18.5 Å². The minimum absolute atomic E-state index is 0.00294. The van der Waals surface area contributed by atoms with E-state index in [0.717, 1.165) is 13.0 Å². The molecule has 0 spiro atoms. The maximum absolute atomic E-state index is 13.6. The summed E-state index contributed by atoms with van der Waals surface area (Å²) in [5.41, 5.74) is 0. The first kappa shape index (κ1) is 16.5. The third-order valence-corrected chi connectivity index (χ3v) is 6.12. The van der Waals surface area contributed by atoms with E-state index in [0.29, 0.717) is 12.1 Å². The fourth-order valence-corrected chi connectivity index (χ4v) is 4.44. The standard InChI is InChI=1S/C12H9BrF3NO2S2/c1-17(6-7-2-5-10(13)20-7)21(18,19)9-4-3-8(14)11(15)12(9)16/h2-5H,6H2,1H3. The Morgan fingerprint density at radius 1 is 1.14 bits per heavy atom. The second-order valence-electron chi connectivity index (χ2n) is 4.14. The van der Waals surface area contributed by atoms with Crippen LogP contribution in [0.2, 0.25) is 0 Å². The predicted molar refractivity (Wildman–Crippen MR) is 77.0 cm³/mol. The molecule has 0 aliphatic heterocycles. The Balaban J connectivity index is 2.35. The maximum Gasteiger partial charge on any atom is 0.246 e. The summed E-state index contributed by atoms with van der Waals surface area (Å²) in [5.74, 6) is -4.95. The first-order chi connectivity index (χ1) is 9.73. The van der Waals surface area contributed by atoms with Crippen molar-refractivity contribution >= 4 is 37.3 Å². The van der Waals surface area contributed by atoms with Gasteiger partial charge < -0.3 is 0 Å². The Hall–Kier alpha value is -0.900. The molecule has 1 heterocycles. The molecule has 0 fully saturated rings. The van der Waals surface area contributed by atoms with Gasteiger partial charge in [0.25, 0.3) is 0 Å². The minimum atomic E-state index is -4.25. The van der Waals surface area contributed by atoms with Gasteiger partial charge in [-0.25, -0.2) is 21.6 Å². The van der Waals surface area contributed by atoms with Gasteiger partial charge in [-0.15, -0.1) is 11.3 Å². The minimum Gasteiger partial charge on any atom is -0.207 e. The van der Waals surface area contributed by atoms with Crippen LogP contribution in [0.3, 0.4) is 0 Å². The number of benzene rings is 1. The largest absolute Gasteiger partial charge is 0.246 e. The molecular formula is C12H9BrF3NO2S2. The van der Waals surface area contributed by atoms with Gasteiger partial charge in [-0.05, 0) is 40.2 Å². The first-order valence-corrected chi connectivity index (χ1v) is 8.62. The molecule has 0 aliphatic carbocycles. The van der Waals surface area contributed by atoms with Crippen molar-refractivity contribution in [2.75, 3.05) is 7.05 Å². The van der Waals surface area contributed by atoms with Gasteiger partial charge in [0.05, 0.1) is 3.79 Å². The highest BCUT2D eigenvalue weighted by Crippen LogP contribution is 2.26. The molecule has 114 valence electrons. The van der Waals surface area contributed by atoms with Crippen molar-refractivity contribution in [2.45, 2.75) is 11.4 Å². The number of nitrogens with zero attached hydrogens (tertiary/aromatic N) is 1. The molecular weight excluding hydrogens is 391 g/mol. The molecule has 0 radical (unpaired) electrons. The lowest BCUT2D eigenvalue weighted by Crippen LogP contribution is -2.27. The first-order valence-electron chi connectivity index (χ1n) is 5.57. The Kier molecular flexibility index (Phi) is 4.76. The zero-order chi connectivity index (χ0) is 15.8. The smallest absolute Gasteiger partial charge is 0.207 e. The second kappa shape index (κ2) is 6.07. The molecule has 1 aromatic heterocycles. The summed E-state index contributed by atoms with van der Waals surface area (Å²) < 4.78 is 65.8. The van der Waals surface area contributed by atoms with Crippen LogP contribution in [0.5, 0.6) is 0 Å². The molecule has 3 nitrogen and oxygen atoms in total. The summed E-state index contributed by atoms with van der Waals surface area (Å²) in [6, 6.07) is 4.76. The van der Waals surface area contributed by atoms with Gasteiger partial charge in [-0.1, -0.05) is 0 Å². The van der Waals surface area contributed by atoms with E-state index in [-0.39, 0.29) is 6.54 Å². The number of thiophene rings is 1. The number of hydrogen-bond donors (Lipinski definition) is 0. The lowest BCUT2D eigenvalue weighted by atomic mass is 10.3. The quantitative estimate of drug-likeness (QED) is 0.734. The maximum atomic E-state index is 13.6. The van der Waals surface area contributed by atoms with Crippen molar-refractivity contribution in [3.63, 3.8) is 0 Å². The van der Waals surface area contributed by atoms with Gasteiger partial charge in [0.2, 0.25) is 10.0 Å². The third kappa shape index (κ3) is 3.31. The Morgan fingerprint density at radius 3 is 2.38 bits per heavy atom. The summed E-state index contributed by atoms with van der Waals surface area (Å²) in [6.07, 6.45) is 0. The van der Waals surface area contributed by atoms with Gasteiger partial charge >= 0.3 is 0 Å². The number of sulfonamides is 1. The molecule has 0 unspecified atom stereocenters. The van der Waals surface area contributed by atoms with Gasteiger partial charge in [0.1, 0.15) is 4.90 Å². The summed E-state index contributed by atoms with van der Waals surface area (Å²) >= 11 is 4.57. The molecule has 0 saturated heterocycles. The lowest BCUT2D eigenvalue weighted by molar-refractivity contribution is 0.422. The molecule has 0 amide bonds. The van der Waals surface area contributed by atoms with Gasteiger partial charge in [0.15, 0.2) is 17.5 Å². The Labute approximate surface area is 132 Å². The van der Waals surface area contributed by atoms with Crippen LogP contribution in [0, 0.1) is 17.5 Å². The van der Waals surface area contributed by atoms with Crippen molar-refractivity contribution in [3.05, 3.63) is 50.4 Å². The molecule has 2 aromatic rings. The van der Waals surface area contributed by atoms with Crippen LogP contribution in [-0.2, 0) is 16.6 Å². The van der Waals surface area contributed by atoms with Crippen molar-refractivity contribution in [2.24, 2.45) is 0 Å². The molecule has 9 heteroatoms. The van der Waals surface area contributed by atoms with Crippen LogP contribution in [-0.4, -0.2) is 19.8 Å². The van der Waals surface area contributed by atoms with E-state index >= 15 is 0 Å². The summed E-state index contributed by atoms with van der Waals surface area (Å²) in [7, 11) is -3.02. The molecule has 1 aromatic carbocycles. The average Bonchev–Trinajstić information content (AvgIpc) is 2.81. The summed E-state index contributed by atoms with van der Waals surface area (Å²) in [6.45, 7) is -0.00294. The van der Waals surface area contributed by atoms with E-state index in [4.69, 9.17) is 0 Å². The van der Waals surface area contributed by atoms with Crippen LogP contribution < -0.4 is 0 Å². The third-order valence-electron chi connectivity index (χ3n) is 2.70. The predicted octanol–water partition coefficient (Wildman–Crippen LogP) is 3.75. The topological polar surface area (TPSA) is 37.4 Å². The highest BCUT2D eigenvalue weighted by atomic mass is 79.9. The van der Waals surface area contributed by atoms with E-state index in [2.05, 4.69) is 15.9 Å². The zero-order valence-corrected chi connectivity index (χ0v) is 13.8. The molecule has 0 atom stereocenters. The van der Waals surface area contributed by atoms with Crippen LogP contribution in [0.25, 0.3) is 0 Å². The second-order valence-corrected chi connectivity index (χ2v) is 8.70. The lowest BCUT2D eigenvalue weighted by Gasteiger charge is -2.17. The van der Waals surface area contributed by atoms with Crippen LogP contribution in [0.15, 0.2) is 32.9 Å². The van der Waals surface area contributed by atoms with Gasteiger partial charge in [-0.3, -0.25) is 0 Å². The zero-order valence-electron chi connectivity index (χ0n) is 10.6. The number of rotatable bonds is 4. The molecule has 21 heavy (non-hydrogen) atoms. The Morgan fingerprint density at radius 2 is 1.81 bits per heavy atom. The molecule has 0 bridgehead atoms. The highest BCUT2D eigenvalue weighted by molar-refractivity contribution is 9.11. The van der Waals surface area contributed by atoms with E-state index in [1.54, 1.807) is 12.1 Å². The molecule has 0 aliphatic rings. The van der Waals surface area contributed by atoms with Crippen molar-refractivity contribution in [1.29, 1.82) is 0 Å². The monoisotopic (exact) mass is 399 g/mol. The SMILES string of the molecule is CN(Cc1ccc(Br)s1)S(=O)(=O)c1ccc(F)c(F)c1F. The number of hydrogen-bond acceptors (Lipinski definition) is 3. The van der Waals surface area contributed by atoms with E-state index in [1.807, 2.05) is 0 Å². The van der Waals surface area contributed by atoms with Crippen LogP contribution in [0.4, 0.5) is 13.2 Å². The van der Waals surface area contributed by atoms with E-state index < -0.39 is 32.4 Å². The normalized spacial score (nSPS) is 12.1. The van der Waals surface area contributed by atoms with Crippen LogP contribution in [0.1, 0.15) is 4.88 Å². The fraction of sp³-hybridized carbons (Fsp3) is 0.167. The Bertz CT molecular complexity index is 777. The van der Waals surface area contributed by atoms with Gasteiger partial charge in [-0.2, -0.15) is 4.31 Å². The molecule has 2 rings (SSSR count).